The first-order chi connectivity index (χ1) is 28.1. The Labute approximate surface area is 336 Å². The van der Waals surface area contributed by atoms with Gasteiger partial charge in [-0.3, -0.25) is 4.68 Å². The monoisotopic (exact) mass is 768 g/mol. The fraction of sp³-hybridized carbons (Fsp3) is 0.458. The average Bonchev–Trinajstić information content (AvgIpc) is 3.68. The molecule has 6 atom stereocenters. The van der Waals surface area contributed by atoms with Crippen LogP contribution in [0, 0.1) is 23.2 Å². The molecular formula is C48H56N4O5. The van der Waals surface area contributed by atoms with Crippen molar-refractivity contribution >= 4 is 0 Å². The molecule has 0 radical (unpaired) electrons. The van der Waals surface area contributed by atoms with Crippen molar-refractivity contribution in [1.82, 2.24) is 20.3 Å². The van der Waals surface area contributed by atoms with Crippen molar-refractivity contribution in [1.29, 1.82) is 0 Å². The molecule has 5 fully saturated rings. The van der Waals surface area contributed by atoms with E-state index in [9.17, 15) is 5.11 Å². The molecule has 0 spiro atoms. The van der Waals surface area contributed by atoms with Crippen molar-refractivity contribution < 1.29 is 24.1 Å². The van der Waals surface area contributed by atoms with E-state index >= 15 is 0 Å². The Morgan fingerprint density at radius 2 is 0.965 bits per heavy atom. The summed E-state index contributed by atoms with van der Waals surface area (Å²) < 4.78 is 29.4. The molecule has 9 heteroatoms. The highest BCUT2D eigenvalue weighted by Crippen LogP contribution is 2.60. The van der Waals surface area contributed by atoms with E-state index in [-0.39, 0.29) is 0 Å². The minimum atomic E-state index is -1.01. The second kappa shape index (κ2) is 17.7. The molecule has 2 N–H and O–H groups in total. The van der Waals surface area contributed by atoms with Gasteiger partial charge in [0.25, 0.3) is 0 Å². The van der Waals surface area contributed by atoms with Gasteiger partial charge in [-0.25, -0.2) is 0 Å². The summed E-state index contributed by atoms with van der Waals surface area (Å²) >= 11 is 0. The molecule has 0 aliphatic heterocycles. The molecule has 10 rings (SSSR count). The standard InChI is InChI=1S/C48H56N4O5/c53-43-42(49-27-41-28-52(51-50-41)33-48-24-38-21-39(25-48)23-40(22-38)26-48)44(54-29-34-13-5-1-6-14-34)46(56-31-36-17-9-3-10-18-36)47(57-32-37-19-11-4-12-20-37)45(43)55-30-35-15-7-2-8-16-35/h1-20,28,38-40,42-47,49,53H,21-27,29-33H2/t38?,39?,40?,42-,43-,44+,45+,46-,47-,48?/m1/s1. The molecule has 9 nitrogen and oxygen atoms in total. The van der Waals surface area contributed by atoms with Gasteiger partial charge in [-0.1, -0.05) is 127 Å². The summed E-state index contributed by atoms with van der Waals surface area (Å²) in [7, 11) is 0. The third kappa shape index (κ3) is 9.25. The third-order valence-corrected chi connectivity index (χ3v) is 12.9. The first-order valence-electron chi connectivity index (χ1n) is 21.0. The van der Waals surface area contributed by atoms with Crippen LogP contribution in [-0.4, -0.2) is 56.7 Å². The van der Waals surface area contributed by atoms with Gasteiger partial charge in [0.2, 0.25) is 0 Å². The summed E-state index contributed by atoms with van der Waals surface area (Å²) in [5.74, 6) is 2.66. The van der Waals surface area contributed by atoms with Crippen molar-refractivity contribution in [2.24, 2.45) is 23.2 Å². The molecule has 4 bridgehead atoms. The molecule has 298 valence electrons. The number of hydrogen-bond donors (Lipinski definition) is 2. The Kier molecular flexibility index (Phi) is 11.9. The number of hydrogen-bond acceptors (Lipinski definition) is 8. The first kappa shape index (κ1) is 38.3. The fourth-order valence-electron chi connectivity index (χ4n) is 10.8. The largest absolute Gasteiger partial charge is 0.389 e. The van der Waals surface area contributed by atoms with Crippen molar-refractivity contribution in [3.05, 3.63) is 155 Å². The second-order valence-corrected chi connectivity index (χ2v) is 17.3. The van der Waals surface area contributed by atoms with Gasteiger partial charge in [0.1, 0.15) is 30.5 Å². The zero-order valence-electron chi connectivity index (χ0n) is 32.7. The fourth-order valence-corrected chi connectivity index (χ4v) is 10.8. The van der Waals surface area contributed by atoms with Crippen LogP contribution in [0.2, 0.25) is 0 Å². The highest BCUT2D eigenvalue weighted by Gasteiger charge is 2.54. The SMILES string of the molecule is O[C@@H]1[C@@H](NCc2cn(CC34CC5CC(CC(C5)C3)C4)nn2)[C@H](OCc2ccccc2)[C@@H](OCc2ccccc2)[C@H](OCc2ccccc2)[C@H]1OCc1ccccc1. The van der Waals surface area contributed by atoms with Crippen LogP contribution in [0.4, 0.5) is 0 Å². The highest BCUT2D eigenvalue weighted by molar-refractivity contribution is 5.18. The lowest BCUT2D eigenvalue weighted by Crippen LogP contribution is -2.69. The van der Waals surface area contributed by atoms with Crippen molar-refractivity contribution in [3.8, 4) is 0 Å². The predicted octanol–water partition coefficient (Wildman–Crippen LogP) is 7.67. The Bertz CT molecular complexity index is 1940. The van der Waals surface area contributed by atoms with Crippen LogP contribution in [0.3, 0.4) is 0 Å². The molecule has 5 aliphatic rings. The van der Waals surface area contributed by atoms with Crippen molar-refractivity contribution in [2.75, 3.05) is 0 Å². The number of aliphatic hydroxyl groups excluding tert-OH is 1. The third-order valence-electron chi connectivity index (χ3n) is 12.9. The molecule has 5 aliphatic carbocycles. The van der Waals surface area contributed by atoms with E-state index in [4.69, 9.17) is 18.9 Å². The lowest BCUT2D eigenvalue weighted by molar-refractivity contribution is -0.251. The Hall–Kier alpha value is -4.22. The van der Waals surface area contributed by atoms with Gasteiger partial charge in [0.15, 0.2) is 0 Å². The molecule has 5 aromatic rings. The molecule has 1 heterocycles. The summed E-state index contributed by atoms with van der Waals surface area (Å²) in [6, 6.07) is 39.9. The Balaban J connectivity index is 1.00. The van der Waals surface area contributed by atoms with Gasteiger partial charge in [-0.15, -0.1) is 5.10 Å². The molecule has 0 saturated heterocycles. The summed E-state index contributed by atoms with van der Waals surface area (Å²) in [6.07, 6.45) is 6.72. The minimum Gasteiger partial charge on any atom is -0.389 e. The number of benzene rings is 4. The number of ether oxygens (including phenoxy) is 4. The normalized spacial score (nSPS) is 30.4. The smallest absolute Gasteiger partial charge is 0.115 e. The van der Waals surface area contributed by atoms with Crippen molar-refractivity contribution in [2.45, 2.75) is 115 Å². The first-order valence-corrected chi connectivity index (χ1v) is 21.0. The summed E-state index contributed by atoms with van der Waals surface area (Å²) in [5.41, 5.74) is 5.29. The van der Waals surface area contributed by atoms with E-state index in [2.05, 4.69) is 50.8 Å². The van der Waals surface area contributed by atoms with Crippen LogP contribution in [0.25, 0.3) is 0 Å². The van der Waals surface area contributed by atoms with E-state index in [1.807, 2.05) is 97.1 Å². The van der Waals surface area contributed by atoms with E-state index < -0.39 is 36.6 Å². The van der Waals surface area contributed by atoms with Gasteiger partial charge in [-0.2, -0.15) is 0 Å². The van der Waals surface area contributed by atoms with E-state index in [1.165, 1.54) is 38.5 Å². The lowest BCUT2D eigenvalue weighted by atomic mass is 9.49. The molecule has 4 aromatic carbocycles. The zero-order valence-corrected chi connectivity index (χ0v) is 32.7. The maximum atomic E-state index is 12.5. The topological polar surface area (TPSA) is 99.9 Å². The molecule has 57 heavy (non-hydrogen) atoms. The molecule has 1 aromatic heterocycles. The maximum absolute atomic E-state index is 12.5. The van der Waals surface area contributed by atoms with Crippen LogP contribution in [0.5, 0.6) is 0 Å². The molecular weight excluding hydrogens is 713 g/mol. The van der Waals surface area contributed by atoms with Crippen LogP contribution in [-0.2, 0) is 58.5 Å². The number of aliphatic hydroxyl groups is 1. The molecule has 0 amide bonds. The highest BCUT2D eigenvalue weighted by atomic mass is 16.6. The Morgan fingerprint density at radius 1 is 0.561 bits per heavy atom. The zero-order chi connectivity index (χ0) is 38.4. The van der Waals surface area contributed by atoms with Gasteiger partial charge in [0.05, 0.1) is 38.2 Å². The van der Waals surface area contributed by atoms with E-state index in [1.54, 1.807) is 0 Å². The lowest BCUT2D eigenvalue weighted by Gasteiger charge is -2.56. The van der Waals surface area contributed by atoms with Gasteiger partial charge < -0.3 is 29.4 Å². The minimum absolute atomic E-state index is 0.306. The number of rotatable bonds is 17. The van der Waals surface area contributed by atoms with E-state index in [0.29, 0.717) is 38.4 Å². The maximum Gasteiger partial charge on any atom is 0.115 e. The van der Waals surface area contributed by atoms with Crippen LogP contribution in [0.15, 0.2) is 128 Å². The van der Waals surface area contributed by atoms with Crippen molar-refractivity contribution in [3.63, 3.8) is 0 Å². The molecule has 5 saturated carbocycles. The summed E-state index contributed by atoms with van der Waals surface area (Å²) in [4.78, 5) is 0. The van der Waals surface area contributed by atoms with Gasteiger partial charge >= 0.3 is 0 Å². The summed E-state index contributed by atoms with van der Waals surface area (Å²) in [5, 5.41) is 25.5. The average molecular weight is 769 g/mol. The number of aromatic nitrogens is 3. The Morgan fingerprint density at radius 3 is 1.42 bits per heavy atom. The van der Waals surface area contributed by atoms with Crippen LogP contribution >= 0.6 is 0 Å². The predicted molar refractivity (Wildman–Crippen MR) is 217 cm³/mol. The van der Waals surface area contributed by atoms with Gasteiger partial charge in [0, 0.05) is 19.3 Å². The van der Waals surface area contributed by atoms with Crippen LogP contribution < -0.4 is 5.32 Å². The van der Waals surface area contributed by atoms with Gasteiger partial charge in [-0.05, 0) is 83.9 Å². The van der Waals surface area contributed by atoms with E-state index in [0.717, 1.165) is 52.2 Å². The molecule has 0 unspecified atom stereocenters. The quantitative estimate of drug-likeness (QED) is 0.0996. The summed E-state index contributed by atoms with van der Waals surface area (Å²) in [6.45, 7) is 2.65. The van der Waals surface area contributed by atoms with Crippen LogP contribution in [0.1, 0.15) is 66.5 Å². The number of nitrogens with zero attached hydrogens (tertiary/aromatic N) is 3. The number of nitrogens with one attached hydrogen (secondary N) is 1. The second-order valence-electron chi connectivity index (χ2n) is 17.3.